The number of ether oxygens (including phenoxy) is 1. The Hall–Kier alpha value is -3.10. The zero-order valence-corrected chi connectivity index (χ0v) is 15.2. The summed E-state index contributed by atoms with van der Waals surface area (Å²) in [6, 6.07) is 16.0. The van der Waals surface area contributed by atoms with Crippen LogP contribution >= 0.6 is 0 Å². The Labute approximate surface area is 155 Å². The average Bonchev–Trinajstić information content (AvgIpc) is 2.67. The van der Waals surface area contributed by atoms with E-state index in [1.54, 1.807) is 13.3 Å². The summed E-state index contributed by atoms with van der Waals surface area (Å²) in [5.74, 6) is 11.8. The normalized spacial score (nSPS) is 11.2. The molecule has 0 radical (unpaired) electrons. The lowest BCUT2D eigenvalue weighted by molar-refractivity contribution is 0.208. The number of hydrazone groups is 1. The van der Waals surface area contributed by atoms with Crippen molar-refractivity contribution < 1.29 is 4.74 Å². The molecular weight excluding hydrogens is 324 g/mol. The number of para-hydroxylation sites is 1. The predicted octanol–water partition coefficient (Wildman–Crippen LogP) is 2.84. The number of benzene rings is 2. The largest absolute Gasteiger partial charge is 0.383 e. The number of anilines is 1. The molecule has 0 saturated carbocycles. The molecule has 0 aliphatic rings. The smallest absolute Gasteiger partial charge is 0.108 e. The Bertz CT molecular complexity index is 817. The van der Waals surface area contributed by atoms with Crippen LogP contribution in [0.5, 0.6) is 0 Å². The van der Waals surface area contributed by atoms with Crippen LogP contribution in [0.1, 0.15) is 16.7 Å². The van der Waals surface area contributed by atoms with Crippen molar-refractivity contribution in [1.82, 2.24) is 0 Å². The van der Waals surface area contributed by atoms with Crippen LogP contribution < -0.4 is 11.2 Å². The lowest BCUT2D eigenvalue weighted by Gasteiger charge is -2.05. The molecule has 0 atom stereocenters. The van der Waals surface area contributed by atoms with Crippen LogP contribution in [0.15, 0.2) is 58.6 Å². The van der Waals surface area contributed by atoms with Gasteiger partial charge in [-0.05, 0) is 36.8 Å². The number of rotatable bonds is 7. The molecule has 0 aliphatic carbocycles. The lowest BCUT2D eigenvalue weighted by Crippen LogP contribution is -2.09. The number of aryl methyl sites for hydroxylation is 1. The maximum Gasteiger partial charge on any atom is 0.108 e. The number of hydrogen-bond donors (Lipinski definition) is 2. The van der Waals surface area contributed by atoms with Gasteiger partial charge in [-0.25, -0.2) is 0 Å². The van der Waals surface area contributed by atoms with Gasteiger partial charge < -0.3 is 15.9 Å². The molecule has 0 saturated heterocycles. The molecule has 0 aliphatic heterocycles. The Kier molecular flexibility index (Phi) is 7.91. The molecule has 0 bridgehead atoms. The van der Waals surface area contributed by atoms with E-state index in [4.69, 9.17) is 10.6 Å². The van der Waals surface area contributed by atoms with Crippen molar-refractivity contribution in [2.45, 2.75) is 6.92 Å². The van der Waals surface area contributed by atoms with Crippen LogP contribution in [-0.2, 0) is 4.74 Å². The molecule has 2 aromatic carbocycles. The van der Waals surface area contributed by atoms with Gasteiger partial charge in [0.15, 0.2) is 0 Å². The fraction of sp³-hybridized carbons (Fsp3) is 0.238. The van der Waals surface area contributed by atoms with Crippen LogP contribution in [0, 0.1) is 18.8 Å². The first-order valence-electron chi connectivity index (χ1n) is 8.40. The molecule has 0 heterocycles. The van der Waals surface area contributed by atoms with Crippen molar-refractivity contribution in [3.63, 3.8) is 0 Å². The van der Waals surface area contributed by atoms with E-state index in [1.807, 2.05) is 55.5 Å². The van der Waals surface area contributed by atoms with Crippen molar-refractivity contribution >= 4 is 17.6 Å². The first-order valence-corrected chi connectivity index (χ1v) is 8.40. The molecule has 26 heavy (non-hydrogen) atoms. The van der Waals surface area contributed by atoms with E-state index in [0.29, 0.717) is 25.4 Å². The number of nitrogens with zero attached hydrogens (tertiary/aromatic N) is 2. The van der Waals surface area contributed by atoms with Crippen LogP contribution in [-0.4, -0.2) is 38.7 Å². The molecule has 5 nitrogen and oxygen atoms in total. The van der Waals surface area contributed by atoms with Crippen molar-refractivity contribution in [3.8, 4) is 11.8 Å². The molecule has 2 rings (SSSR count). The van der Waals surface area contributed by atoms with Crippen LogP contribution in [0.4, 0.5) is 5.69 Å². The number of hydrogen-bond acceptors (Lipinski definition) is 5. The fourth-order valence-corrected chi connectivity index (χ4v) is 2.34. The summed E-state index contributed by atoms with van der Waals surface area (Å²) >= 11 is 0. The maximum absolute atomic E-state index is 5.51. The third-order valence-electron chi connectivity index (χ3n) is 3.67. The van der Waals surface area contributed by atoms with Gasteiger partial charge in [0.2, 0.25) is 0 Å². The molecular formula is C21H24N4O. The van der Waals surface area contributed by atoms with Gasteiger partial charge in [0.05, 0.1) is 19.7 Å². The van der Waals surface area contributed by atoms with Crippen molar-refractivity contribution in [1.29, 1.82) is 0 Å². The monoisotopic (exact) mass is 348 g/mol. The van der Waals surface area contributed by atoms with Crippen molar-refractivity contribution in [3.05, 3.63) is 65.2 Å². The van der Waals surface area contributed by atoms with E-state index in [0.717, 1.165) is 22.4 Å². The molecule has 0 spiro atoms. The summed E-state index contributed by atoms with van der Waals surface area (Å²) in [5.41, 5.74) is 4.65. The van der Waals surface area contributed by atoms with Gasteiger partial charge >= 0.3 is 0 Å². The molecule has 0 unspecified atom stereocenters. The van der Waals surface area contributed by atoms with E-state index >= 15 is 0 Å². The lowest BCUT2D eigenvalue weighted by atomic mass is 10.0. The second-order valence-corrected chi connectivity index (χ2v) is 5.59. The summed E-state index contributed by atoms with van der Waals surface area (Å²) in [7, 11) is 1.65. The van der Waals surface area contributed by atoms with Gasteiger partial charge in [-0.2, -0.15) is 5.10 Å². The van der Waals surface area contributed by atoms with Gasteiger partial charge in [0.25, 0.3) is 0 Å². The van der Waals surface area contributed by atoms with Crippen LogP contribution in [0.3, 0.4) is 0 Å². The topological polar surface area (TPSA) is 72.0 Å². The van der Waals surface area contributed by atoms with Crippen molar-refractivity contribution in [2.75, 3.05) is 32.1 Å². The minimum absolute atomic E-state index is 0.568. The summed E-state index contributed by atoms with van der Waals surface area (Å²) in [5, 5.41) is 7.10. The minimum atomic E-state index is 0.568. The predicted molar refractivity (Wildman–Crippen MR) is 109 cm³/mol. The van der Waals surface area contributed by atoms with E-state index in [-0.39, 0.29) is 0 Å². The number of nitrogens with two attached hydrogens (primary N) is 1. The number of nitrogens with one attached hydrogen (secondary N) is 1. The summed E-state index contributed by atoms with van der Waals surface area (Å²) < 4.78 is 4.97. The summed E-state index contributed by atoms with van der Waals surface area (Å²) in [6.07, 6.45) is 1.68. The Morgan fingerprint density at radius 2 is 2.04 bits per heavy atom. The SMILES string of the molecule is COCCN=C/C(=N\N)c1ccc(C#CCNc2ccccc2)cc1C. The van der Waals surface area contributed by atoms with Crippen molar-refractivity contribution in [2.24, 2.45) is 15.9 Å². The van der Waals surface area contributed by atoms with Gasteiger partial charge in [-0.1, -0.05) is 36.1 Å². The van der Waals surface area contributed by atoms with Gasteiger partial charge in [-0.3, -0.25) is 4.99 Å². The third kappa shape index (κ3) is 6.08. The Morgan fingerprint density at radius 3 is 2.73 bits per heavy atom. The second kappa shape index (κ2) is 10.7. The van der Waals surface area contributed by atoms with Crippen LogP contribution in [0.2, 0.25) is 0 Å². The first-order chi connectivity index (χ1) is 12.7. The summed E-state index contributed by atoms with van der Waals surface area (Å²) in [4.78, 5) is 4.26. The summed E-state index contributed by atoms with van der Waals surface area (Å²) in [6.45, 7) is 3.74. The third-order valence-corrected chi connectivity index (χ3v) is 3.67. The molecule has 134 valence electrons. The molecule has 0 aromatic heterocycles. The average molecular weight is 348 g/mol. The number of aliphatic imine (C=N–C) groups is 1. The fourth-order valence-electron chi connectivity index (χ4n) is 2.34. The molecule has 5 heteroatoms. The highest BCUT2D eigenvalue weighted by Gasteiger charge is 2.05. The zero-order chi connectivity index (χ0) is 18.6. The van der Waals surface area contributed by atoms with Gasteiger partial charge in [0.1, 0.15) is 5.71 Å². The molecule has 0 amide bonds. The molecule has 0 fully saturated rings. The number of methoxy groups -OCH3 is 1. The Balaban J connectivity index is 2.00. The second-order valence-electron chi connectivity index (χ2n) is 5.59. The van der Waals surface area contributed by atoms with E-state index < -0.39 is 0 Å². The highest BCUT2D eigenvalue weighted by molar-refractivity contribution is 6.38. The first kappa shape index (κ1) is 19.2. The zero-order valence-electron chi connectivity index (χ0n) is 15.2. The highest BCUT2D eigenvalue weighted by atomic mass is 16.5. The minimum Gasteiger partial charge on any atom is -0.383 e. The van der Waals surface area contributed by atoms with E-state index in [2.05, 4.69) is 27.3 Å². The maximum atomic E-state index is 5.51. The van der Waals surface area contributed by atoms with Gasteiger partial charge in [-0.15, -0.1) is 0 Å². The molecule has 2 aromatic rings. The quantitative estimate of drug-likeness (QED) is 0.266. The highest BCUT2D eigenvalue weighted by Crippen LogP contribution is 2.11. The van der Waals surface area contributed by atoms with Gasteiger partial charge in [0, 0.05) is 30.1 Å². The van der Waals surface area contributed by atoms with E-state index in [9.17, 15) is 0 Å². The standard InChI is InChI=1S/C21H24N4O/c1-17-15-18(7-6-12-24-19-8-4-3-5-9-19)10-11-20(17)21(25-22)16-23-13-14-26-2/h3-5,8-11,15-16,24H,12-14,22H2,1-2H3/b23-16?,25-21+. The van der Waals surface area contributed by atoms with Crippen LogP contribution in [0.25, 0.3) is 0 Å². The Morgan fingerprint density at radius 1 is 1.23 bits per heavy atom. The van der Waals surface area contributed by atoms with E-state index in [1.165, 1.54) is 0 Å². The molecule has 3 N–H and O–H groups in total.